The Morgan fingerprint density at radius 1 is 1.20 bits per heavy atom. The number of hydrogen-bond acceptors (Lipinski definition) is 4. The van der Waals surface area contributed by atoms with E-state index in [0.29, 0.717) is 12.3 Å². The first-order valence-corrected chi connectivity index (χ1v) is 8.46. The Hall–Kier alpha value is -2.73. The number of aromatic nitrogens is 1. The normalized spacial score (nSPS) is 10.7. The van der Waals surface area contributed by atoms with Crippen molar-refractivity contribution in [1.82, 2.24) is 10.3 Å². The van der Waals surface area contributed by atoms with Crippen LogP contribution in [0.25, 0.3) is 22.6 Å². The fourth-order valence-electron chi connectivity index (χ4n) is 2.57. The van der Waals surface area contributed by atoms with Crippen LogP contribution in [0.2, 0.25) is 0 Å². The van der Waals surface area contributed by atoms with E-state index >= 15 is 0 Å². The minimum absolute atomic E-state index is 0.119. The molecule has 0 bridgehead atoms. The molecule has 3 rings (SSSR count). The molecule has 2 N–H and O–H groups in total. The monoisotopic (exact) mass is 353 g/mol. The fraction of sp³-hybridized carbons (Fsp3) is 0.211. The summed E-state index contributed by atoms with van der Waals surface area (Å²) in [5, 5.41) is 5.87. The molecule has 0 unspecified atom stereocenters. The second-order valence-electron chi connectivity index (χ2n) is 5.88. The standard InChI is InChI=1S/C19H19N3O2S/c1-4-16(23)22-19(25)20-14-7-5-13(6-8-14)18-21-15-10-11(2)9-12(3)17(15)24-18/h5-10H,4H2,1-3H3,(H2,20,22,23,25). The van der Waals surface area contributed by atoms with Crippen molar-refractivity contribution >= 4 is 40.0 Å². The van der Waals surface area contributed by atoms with Gasteiger partial charge in [-0.1, -0.05) is 13.0 Å². The van der Waals surface area contributed by atoms with Crippen molar-refractivity contribution in [1.29, 1.82) is 0 Å². The third-order valence-electron chi connectivity index (χ3n) is 3.78. The highest BCUT2D eigenvalue weighted by atomic mass is 32.1. The number of anilines is 1. The Balaban J connectivity index is 1.79. The van der Waals surface area contributed by atoms with Crippen LogP contribution in [-0.4, -0.2) is 16.0 Å². The average molecular weight is 353 g/mol. The summed E-state index contributed by atoms with van der Waals surface area (Å²) in [5.41, 5.74) is 5.57. The quantitative estimate of drug-likeness (QED) is 0.686. The number of carbonyl (C=O) groups excluding carboxylic acids is 1. The number of hydrogen-bond donors (Lipinski definition) is 2. The maximum atomic E-state index is 11.3. The summed E-state index contributed by atoms with van der Waals surface area (Å²) < 4.78 is 5.91. The van der Waals surface area contributed by atoms with Crippen LogP contribution >= 0.6 is 12.2 Å². The van der Waals surface area contributed by atoms with Crippen molar-refractivity contribution < 1.29 is 9.21 Å². The molecule has 0 spiro atoms. The van der Waals surface area contributed by atoms with E-state index in [4.69, 9.17) is 16.6 Å². The van der Waals surface area contributed by atoms with Crippen LogP contribution in [0.4, 0.5) is 5.69 Å². The van der Waals surface area contributed by atoms with Gasteiger partial charge in [-0.15, -0.1) is 0 Å². The minimum Gasteiger partial charge on any atom is -0.436 e. The first kappa shape index (κ1) is 17.1. The molecule has 0 aliphatic rings. The summed E-state index contributed by atoms with van der Waals surface area (Å²) in [5.74, 6) is 0.461. The van der Waals surface area contributed by atoms with E-state index in [-0.39, 0.29) is 11.0 Å². The summed E-state index contributed by atoms with van der Waals surface area (Å²) in [7, 11) is 0. The second kappa shape index (κ2) is 7.03. The van der Waals surface area contributed by atoms with Gasteiger partial charge in [-0.2, -0.15) is 0 Å². The second-order valence-corrected chi connectivity index (χ2v) is 6.29. The SMILES string of the molecule is CCC(=O)NC(=S)Nc1ccc(-c2nc3cc(C)cc(C)c3o2)cc1. The van der Waals surface area contributed by atoms with Crippen molar-refractivity contribution in [2.75, 3.05) is 5.32 Å². The summed E-state index contributed by atoms with van der Waals surface area (Å²) >= 11 is 5.10. The Kier molecular flexibility index (Phi) is 4.81. The Labute approximate surface area is 151 Å². The van der Waals surface area contributed by atoms with E-state index in [2.05, 4.69) is 21.7 Å². The van der Waals surface area contributed by atoms with Crippen LogP contribution in [0.5, 0.6) is 0 Å². The predicted octanol–water partition coefficient (Wildman–Crippen LogP) is 4.33. The molecule has 2 aromatic carbocycles. The lowest BCUT2D eigenvalue weighted by molar-refractivity contribution is -0.119. The maximum absolute atomic E-state index is 11.3. The molecule has 0 aliphatic carbocycles. The van der Waals surface area contributed by atoms with Gasteiger partial charge in [-0.25, -0.2) is 4.98 Å². The number of nitrogens with one attached hydrogen (secondary N) is 2. The number of aryl methyl sites for hydroxylation is 2. The molecule has 3 aromatic rings. The maximum Gasteiger partial charge on any atom is 0.227 e. The van der Waals surface area contributed by atoms with Crippen LogP contribution in [0, 0.1) is 13.8 Å². The van der Waals surface area contributed by atoms with Gasteiger partial charge in [0.2, 0.25) is 11.8 Å². The number of fused-ring (bicyclic) bond motifs is 1. The van der Waals surface area contributed by atoms with E-state index < -0.39 is 0 Å². The third-order valence-corrected chi connectivity index (χ3v) is 3.99. The molecule has 1 heterocycles. The van der Waals surface area contributed by atoms with E-state index in [1.54, 1.807) is 6.92 Å². The van der Waals surface area contributed by atoms with Gasteiger partial charge in [-0.3, -0.25) is 4.79 Å². The zero-order valence-electron chi connectivity index (χ0n) is 14.3. The summed E-state index contributed by atoms with van der Waals surface area (Å²) in [4.78, 5) is 15.9. The molecule has 1 amide bonds. The van der Waals surface area contributed by atoms with E-state index in [9.17, 15) is 4.79 Å². The van der Waals surface area contributed by atoms with Crippen LogP contribution in [0.3, 0.4) is 0 Å². The van der Waals surface area contributed by atoms with Crippen LogP contribution in [0.15, 0.2) is 40.8 Å². The number of carbonyl (C=O) groups is 1. The van der Waals surface area contributed by atoms with Crippen LogP contribution < -0.4 is 10.6 Å². The van der Waals surface area contributed by atoms with Crippen LogP contribution in [-0.2, 0) is 4.79 Å². The summed E-state index contributed by atoms with van der Waals surface area (Å²) in [6.45, 7) is 5.83. The van der Waals surface area contributed by atoms with Crippen molar-refractivity contribution in [2.24, 2.45) is 0 Å². The Morgan fingerprint density at radius 2 is 1.92 bits per heavy atom. The van der Waals surface area contributed by atoms with E-state index in [0.717, 1.165) is 33.5 Å². The number of rotatable bonds is 3. The van der Waals surface area contributed by atoms with Crippen molar-refractivity contribution in [3.8, 4) is 11.5 Å². The largest absolute Gasteiger partial charge is 0.436 e. The number of thiocarbonyl (C=S) groups is 1. The molecular weight excluding hydrogens is 334 g/mol. The molecule has 0 fully saturated rings. The molecule has 6 heteroatoms. The smallest absolute Gasteiger partial charge is 0.227 e. The number of benzene rings is 2. The molecule has 0 saturated heterocycles. The minimum atomic E-state index is -0.119. The molecule has 0 saturated carbocycles. The highest BCUT2D eigenvalue weighted by molar-refractivity contribution is 7.80. The van der Waals surface area contributed by atoms with Crippen molar-refractivity contribution in [3.05, 3.63) is 47.5 Å². The Morgan fingerprint density at radius 3 is 2.60 bits per heavy atom. The van der Waals surface area contributed by atoms with Gasteiger partial charge < -0.3 is 15.1 Å². The van der Waals surface area contributed by atoms with Gasteiger partial charge in [0.1, 0.15) is 5.52 Å². The third kappa shape index (κ3) is 3.85. The topological polar surface area (TPSA) is 67.2 Å². The molecule has 0 atom stereocenters. The molecule has 1 aromatic heterocycles. The van der Waals surface area contributed by atoms with Gasteiger partial charge in [0.15, 0.2) is 10.7 Å². The number of nitrogens with zero attached hydrogens (tertiary/aromatic N) is 1. The predicted molar refractivity (Wildman–Crippen MR) is 104 cm³/mol. The lowest BCUT2D eigenvalue weighted by Crippen LogP contribution is -2.33. The molecule has 0 radical (unpaired) electrons. The number of amides is 1. The van der Waals surface area contributed by atoms with Gasteiger partial charge in [0.25, 0.3) is 0 Å². The average Bonchev–Trinajstić information content (AvgIpc) is 2.99. The molecule has 128 valence electrons. The molecule has 0 aliphatic heterocycles. The van der Waals surface area contributed by atoms with E-state index in [1.165, 1.54) is 0 Å². The van der Waals surface area contributed by atoms with Crippen molar-refractivity contribution in [3.63, 3.8) is 0 Å². The molecule has 25 heavy (non-hydrogen) atoms. The highest BCUT2D eigenvalue weighted by Gasteiger charge is 2.11. The van der Waals surface area contributed by atoms with Gasteiger partial charge in [0, 0.05) is 17.7 Å². The highest BCUT2D eigenvalue weighted by Crippen LogP contribution is 2.28. The first-order valence-electron chi connectivity index (χ1n) is 8.05. The molecule has 5 nitrogen and oxygen atoms in total. The lowest BCUT2D eigenvalue weighted by Gasteiger charge is -2.08. The van der Waals surface area contributed by atoms with E-state index in [1.807, 2.05) is 44.2 Å². The fourth-order valence-corrected chi connectivity index (χ4v) is 2.81. The van der Waals surface area contributed by atoms with Gasteiger partial charge in [-0.05, 0) is 67.5 Å². The van der Waals surface area contributed by atoms with Crippen molar-refractivity contribution in [2.45, 2.75) is 27.2 Å². The van der Waals surface area contributed by atoms with Gasteiger partial charge in [0.05, 0.1) is 0 Å². The summed E-state index contributed by atoms with van der Waals surface area (Å²) in [6, 6.07) is 11.6. The summed E-state index contributed by atoms with van der Waals surface area (Å²) in [6.07, 6.45) is 0.386. The Bertz CT molecular complexity index is 945. The number of oxazole rings is 1. The molecular formula is C19H19N3O2S. The van der Waals surface area contributed by atoms with Crippen LogP contribution in [0.1, 0.15) is 24.5 Å². The van der Waals surface area contributed by atoms with Gasteiger partial charge >= 0.3 is 0 Å². The lowest BCUT2D eigenvalue weighted by atomic mass is 10.1. The first-order chi connectivity index (χ1) is 12.0. The zero-order valence-corrected chi connectivity index (χ0v) is 15.2. The zero-order chi connectivity index (χ0) is 18.0.